The van der Waals surface area contributed by atoms with Crippen molar-refractivity contribution < 1.29 is 9.84 Å². The second-order valence-corrected chi connectivity index (χ2v) is 6.81. The highest BCUT2D eigenvalue weighted by Crippen LogP contribution is 2.47. The largest absolute Gasteiger partial charge is 0.507 e. The Morgan fingerprint density at radius 3 is 2.96 bits per heavy atom. The number of nitrogens with zero attached hydrogens (tertiary/aromatic N) is 2. The van der Waals surface area contributed by atoms with E-state index in [1.165, 1.54) is 5.56 Å². The summed E-state index contributed by atoms with van der Waals surface area (Å²) in [5.41, 5.74) is 12.1. The van der Waals surface area contributed by atoms with Crippen LogP contribution in [0.5, 0.6) is 5.75 Å². The van der Waals surface area contributed by atoms with Gasteiger partial charge in [0, 0.05) is 17.5 Å². The zero-order valence-corrected chi connectivity index (χ0v) is 12.9. The maximum Gasteiger partial charge on any atom is 0.152 e. The topological polar surface area (TPSA) is 81.3 Å². The zero-order chi connectivity index (χ0) is 15.6. The van der Waals surface area contributed by atoms with E-state index in [-0.39, 0.29) is 12.2 Å². The summed E-state index contributed by atoms with van der Waals surface area (Å²) in [5.74, 6) is 0.842. The second-order valence-electron chi connectivity index (χ2n) is 6.81. The molecule has 3 heterocycles. The lowest BCUT2D eigenvalue weighted by Crippen LogP contribution is -2.21. The molecule has 2 unspecified atom stereocenters. The minimum atomic E-state index is 0.0366. The third-order valence-electron chi connectivity index (χ3n) is 5.51. The number of hydrogen-bond donors (Lipinski definition) is 2. The van der Waals surface area contributed by atoms with E-state index >= 15 is 0 Å². The molecular formula is C18H19N3O2. The minimum Gasteiger partial charge on any atom is -0.507 e. The first-order chi connectivity index (χ1) is 11.2. The van der Waals surface area contributed by atoms with Crippen LogP contribution in [0.15, 0.2) is 12.1 Å². The van der Waals surface area contributed by atoms with Crippen LogP contribution in [-0.4, -0.2) is 21.4 Å². The Bertz CT molecular complexity index is 818. The molecule has 1 fully saturated rings. The van der Waals surface area contributed by atoms with E-state index < -0.39 is 0 Å². The van der Waals surface area contributed by atoms with Gasteiger partial charge in [-0.1, -0.05) is 6.07 Å². The quantitative estimate of drug-likeness (QED) is 0.846. The standard InChI is InChI=1S/C18H19N3O2/c19-18-15-13(8-10-5-7-14(15)23-10)16(20-21-18)12-6-4-9-2-1-3-11(9)17(12)22/h4,6,10,14,22H,1-3,5,7-8H2,(H2,19,21). The summed E-state index contributed by atoms with van der Waals surface area (Å²) in [7, 11) is 0. The lowest BCUT2D eigenvalue weighted by atomic mass is 9.92. The number of aromatic hydroxyl groups is 1. The molecule has 0 radical (unpaired) electrons. The molecule has 5 rings (SSSR count). The fourth-order valence-electron chi connectivity index (χ4n) is 4.42. The van der Waals surface area contributed by atoms with E-state index in [1.807, 2.05) is 6.07 Å². The molecule has 23 heavy (non-hydrogen) atoms. The van der Waals surface area contributed by atoms with Crippen LogP contribution in [0.25, 0.3) is 11.3 Å². The molecule has 3 N–H and O–H groups in total. The molecule has 1 saturated heterocycles. The Hall–Kier alpha value is -2.14. The van der Waals surface area contributed by atoms with Crippen molar-refractivity contribution in [2.24, 2.45) is 0 Å². The summed E-state index contributed by atoms with van der Waals surface area (Å²) in [4.78, 5) is 0. The number of phenolic OH excluding ortho intramolecular Hbond substituents is 1. The van der Waals surface area contributed by atoms with Gasteiger partial charge in [0.15, 0.2) is 5.82 Å². The molecule has 118 valence electrons. The second kappa shape index (κ2) is 4.68. The lowest BCUT2D eigenvalue weighted by Gasteiger charge is -2.26. The van der Waals surface area contributed by atoms with Gasteiger partial charge in [-0.25, -0.2) is 0 Å². The van der Waals surface area contributed by atoms with Gasteiger partial charge in [0.2, 0.25) is 0 Å². The third-order valence-corrected chi connectivity index (χ3v) is 5.51. The summed E-state index contributed by atoms with van der Waals surface area (Å²) >= 11 is 0. The van der Waals surface area contributed by atoms with Crippen LogP contribution < -0.4 is 5.73 Å². The highest BCUT2D eigenvalue weighted by molar-refractivity contribution is 5.75. The normalized spacial score (nSPS) is 24.5. The number of nitrogens with two attached hydrogens (primary N) is 1. The van der Waals surface area contributed by atoms with Gasteiger partial charge in [-0.05, 0) is 54.9 Å². The lowest BCUT2D eigenvalue weighted by molar-refractivity contribution is 0.0326. The fraction of sp³-hybridized carbons (Fsp3) is 0.444. The fourth-order valence-corrected chi connectivity index (χ4v) is 4.42. The maximum absolute atomic E-state index is 10.8. The Morgan fingerprint density at radius 1 is 1.13 bits per heavy atom. The van der Waals surface area contributed by atoms with Gasteiger partial charge in [0.25, 0.3) is 0 Å². The number of ether oxygens (including phenoxy) is 1. The van der Waals surface area contributed by atoms with Crippen molar-refractivity contribution in [1.29, 1.82) is 0 Å². The number of fused-ring (bicyclic) bond motifs is 5. The monoisotopic (exact) mass is 309 g/mol. The van der Waals surface area contributed by atoms with Crippen molar-refractivity contribution in [1.82, 2.24) is 10.2 Å². The van der Waals surface area contributed by atoms with E-state index in [9.17, 15) is 5.11 Å². The van der Waals surface area contributed by atoms with Crippen molar-refractivity contribution in [2.45, 2.75) is 50.7 Å². The first-order valence-electron chi connectivity index (χ1n) is 8.37. The van der Waals surface area contributed by atoms with Gasteiger partial charge in [-0.15, -0.1) is 10.2 Å². The highest BCUT2D eigenvalue weighted by Gasteiger charge is 2.38. The van der Waals surface area contributed by atoms with Crippen molar-refractivity contribution in [3.05, 3.63) is 34.4 Å². The van der Waals surface area contributed by atoms with Crippen molar-refractivity contribution >= 4 is 5.82 Å². The summed E-state index contributed by atoms with van der Waals surface area (Å²) in [6.45, 7) is 0. The van der Waals surface area contributed by atoms with E-state index in [0.717, 1.165) is 66.5 Å². The Kier molecular flexibility index (Phi) is 2.71. The van der Waals surface area contributed by atoms with Crippen molar-refractivity contribution in [3.63, 3.8) is 0 Å². The van der Waals surface area contributed by atoms with Gasteiger partial charge in [-0.2, -0.15) is 0 Å². The van der Waals surface area contributed by atoms with Crippen LogP contribution in [0.1, 0.15) is 47.6 Å². The predicted octanol–water partition coefficient (Wildman–Crippen LogP) is 2.70. The Labute approximate surface area is 134 Å². The average Bonchev–Trinajstić information content (AvgIpc) is 3.16. The van der Waals surface area contributed by atoms with Crippen molar-refractivity contribution in [2.75, 3.05) is 5.73 Å². The Balaban J connectivity index is 1.73. The van der Waals surface area contributed by atoms with E-state index in [2.05, 4.69) is 16.3 Å². The highest BCUT2D eigenvalue weighted by atomic mass is 16.5. The third kappa shape index (κ3) is 1.83. The molecular weight excluding hydrogens is 290 g/mol. The van der Waals surface area contributed by atoms with Crippen LogP contribution >= 0.6 is 0 Å². The molecule has 5 nitrogen and oxygen atoms in total. The molecule has 2 aromatic rings. The first kappa shape index (κ1) is 13.3. The number of aryl methyl sites for hydroxylation is 1. The van der Waals surface area contributed by atoms with Gasteiger partial charge in [0.1, 0.15) is 11.4 Å². The van der Waals surface area contributed by atoms with Crippen LogP contribution in [0.2, 0.25) is 0 Å². The molecule has 1 aromatic heterocycles. The predicted molar refractivity (Wildman–Crippen MR) is 86.1 cm³/mol. The first-order valence-corrected chi connectivity index (χ1v) is 8.37. The molecule has 1 aromatic carbocycles. The number of phenols is 1. The summed E-state index contributed by atoms with van der Waals surface area (Å²) in [6.07, 6.45) is 6.21. The van der Waals surface area contributed by atoms with Gasteiger partial charge in [0.05, 0.1) is 12.2 Å². The van der Waals surface area contributed by atoms with Gasteiger partial charge < -0.3 is 15.6 Å². The molecule has 2 bridgehead atoms. The van der Waals surface area contributed by atoms with Crippen LogP contribution in [0.3, 0.4) is 0 Å². The van der Waals surface area contributed by atoms with Crippen LogP contribution in [0.4, 0.5) is 5.82 Å². The Morgan fingerprint density at radius 2 is 2.04 bits per heavy atom. The summed E-state index contributed by atoms with van der Waals surface area (Å²) in [6, 6.07) is 4.10. The van der Waals surface area contributed by atoms with E-state index in [0.29, 0.717) is 11.6 Å². The minimum absolute atomic E-state index is 0.0366. The summed E-state index contributed by atoms with van der Waals surface area (Å²) < 4.78 is 5.99. The summed E-state index contributed by atoms with van der Waals surface area (Å²) in [5, 5.41) is 19.3. The van der Waals surface area contributed by atoms with Gasteiger partial charge in [-0.3, -0.25) is 0 Å². The molecule has 2 atom stereocenters. The average molecular weight is 309 g/mol. The molecule has 1 aliphatic carbocycles. The maximum atomic E-state index is 10.8. The van der Waals surface area contributed by atoms with E-state index in [1.54, 1.807) is 0 Å². The molecule has 0 amide bonds. The van der Waals surface area contributed by atoms with Gasteiger partial charge >= 0.3 is 0 Å². The number of benzene rings is 1. The zero-order valence-electron chi connectivity index (χ0n) is 12.9. The van der Waals surface area contributed by atoms with Crippen LogP contribution in [-0.2, 0) is 24.0 Å². The number of rotatable bonds is 1. The molecule has 2 aliphatic heterocycles. The molecule has 0 spiro atoms. The smallest absolute Gasteiger partial charge is 0.152 e. The SMILES string of the molecule is Nc1nnc(-c2ccc3c(c2O)CCC3)c2c1C1CCC(C2)O1. The number of aromatic nitrogens is 2. The number of anilines is 1. The molecule has 5 heteroatoms. The number of nitrogen functional groups attached to an aromatic ring is 1. The van der Waals surface area contributed by atoms with Crippen molar-refractivity contribution in [3.8, 4) is 17.0 Å². The molecule has 3 aliphatic rings. The van der Waals surface area contributed by atoms with Crippen LogP contribution in [0, 0.1) is 0 Å². The number of hydrogen-bond acceptors (Lipinski definition) is 5. The molecule has 0 saturated carbocycles. The van der Waals surface area contributed by atoms with E-state index in [4.69, 9.17) is 10.5 Å².